The number of hydrogen-bond donors (Lipinski definition) is 0. The normalized spacial score (nSPS) is 10.8. The van der Waals surface area contributed by atoms with Crippen LogP contribution in [0.1, 0.15) is 58.8 Å². The molecular weight excluding hydrogens is 302 g/mol. The third-order valence-corrected chi connectivity index (χ3v) is 3.90. The number of carbonyl (C=O) groups is 1. The summed E-state index contributed by atoms with van der Waals surface area (Å²) in [4.78, 5) is 16.6. The van der Waals surface area contributed by atoms with Crippen LogP contribution >= 0.6 is 0 Å². The number of carbonyl (C=O) groups excluding carboxylic acids is 1. The summed E-state index contributed by atoms with van der Waals surface area (Å²) in [6.45, 7) is 4.87. The van der Waals surface area contributed by atoms with Crippen molar-refractivity contribution >= 4 is 16.9 Å². The zero-order chi connectivity index (χ0) is 17.2. The minimum Gasteiger partial charge on any atom is -0.488 e. The third-order valence-electron chi connectivity index (χ3n) is 3.90. The van der Waals surface area contributed by atoms with Crippen LogP contribution < -0.4 is 9.47 Å². The largest absolute Gasteiger partial charge is 0.488 e. The lowest BCUT2D eigenvalue weighted by atomic mass is 10.2. The lowest BCUT2D eigenvalue weighted by Crippen LogP contribution is -2.10. The molecule has 1 aromatic carbocycles. The number of esters is 1. The molecule has 4 nitrogen and oxygen atoms in total. The molecule has 0 aliphatic heterocycles. The molecule has 0 radical (unpaired) electrons. The van der Waals surface area contributed by atoms with Crippen molar-refractivity contribution < 1.29 is 14.3 Å². The maximum Gasteiger partial charge on any atom is 0.311 e. The molecule has 0 unspecified atom stereocenters. The van der Waals surface area contributed by atoms with Crippen LogP contribution in [0.3, 0.4) is 0 Å². The van der Waals surface area contributed by atoms with Crippen molar-refractivity contribution in [1.82, 2.24) is 4.98 Å². The zero-order valence-corrected chi connectivity index (χ0v) is 14.7. The van der Waals surface area contributed by atoms with Crippen LogP contribution in [0.4, 0.5) is 0 Å². The molecule has 24 heavy (non-hydrogen) atoms. The minimum atomic E-state index is -0.210. The van der Waals surface area contributed by atoms with Gasteiger partial charge >= 0.3 is 5.97 Å². The number of unbranched alkanes of at least 4 members (excludes halogenated alkanes) is 4. The van der Waals surface area contributed by atoms with Gasteiger partial charge in [0.15, 0.2) is 11.5 Å². The summed E-state index contributed by atoms with van der Waals surface area (Å²) >= 11 is 0. The smallest absolute Gasteiger partial charge is 0.311 e. The Bertz CT molecular complexity index is 654. The van der Waals surface area contributed by atoms with Crippen LogP contribution in [0.5, 0.6) is 11.5 Å². The van der Waals surface area contributed by atoms with Crippen LogP contribution in [-0.4, -0.2) is 17.6 Å². The second-order valence-electron chi connectivity index (χ2n) is 5.96. The van der Waals surface area contributed by atoms with E-state index in [0.29, 0.717) is 24.5 Å². The van der Waals surface area contributed by atoms with Gasteiger partial charge in [0.05, 0.1) is 18.3 Å². The minimum absolute atomic E-state index is 0.210. The number of para-hydroxylation sites is 1. The van der Waals surface area contributed by atoms with Crippen LogP contribution in [0.15, 0.2) is 30.5 Å². The van der Waals surface area contributed by atoms with E-state index in [1.165, 1.54) is 0 Å². The summed E-state index contributed by atoms with van der Waals surface area (Å²) in [6.07, 6.45) is 8.29. The highest BCUT2D eigenvalue weighted by atomic mass is 16.6. The van der Waals surface area contributed by atoms with E-state index < -0.39 is 0 Å². The van der Waals surface area contributed by atoms with Crippen molar-refractivity contribution in [2.75, 3.05) is 6.61 Å². The third kappa shape index (κ3) is 5.22. The molecular formula is C20H27NO3. The average molecular weight is 329 g/mol. The number of rotatable bonds is 10. The van der Waals surface area contributed by atoms with E-state index in [1.807, 2.05) is 24.3 Å². The Hall–Kier alpha value is -2.10. The Morgan fingerprint density at radius 2 is 1.79 bits per heavy atom. The van der Waals surface area contributed by atoms with Crippen LogP contribution in [0.2, 0.25) is 0 Å². The van der Waals surface area contributed by atoms with Gasteiger partial charge in [-0.1, -0.05) is 51.7 Å². The van der Waals surface area contributed by atoms with Crippen LogP contribution in [-0.2, 0) is 4.79 Å². The number of pyridine rings is 1. The van der Waals surface area contributed by atoms with Gasteiger partial charge in [-0.15, -0.1) is 0 Å². The molecule has 0 N–H and O–H groups in total. The van der Waals surface area contributed by atoms with Crippen molar-refractivity contribution in [1.29, 1.82) is 0 Å². The van der Waals surface area contributed by atoms with Gasteiger partial charge in [0, 0.05) is 11.8 Å². The van der Waals surface area contributed by atoms with Gasteiger partial charge in [-0.25, -0.2) is 0 Å². The molecule has 0 atom stereocenters. The Morgan fingerprint density at radius 3 is 2.58 bits per heavy atom. The highest BCUT2D eigenvalue weighted by Crippen LogP contribution is 2.34. The number of ether oxygens (including phenoxy) is 2. The Labute approximate surface area is 144 Å². The Balaban J connectivity index is 2.17. The first-order valence-electron chi connectivity index (χ1n) is 8.97. The maximum atomic E-state index is 12.2. The molecule has 2 aromatic rings. The molecule has 0 saturated carbocycles. The molecule has 1 aromatic heterocycles. The molecule has 0 fully saturated rings. The van der Waals surface area contributed by atoms with Crippen molar-refractivity contribution in [3.8, 4) is 11.5 Å². The first kappa shape index (κ1) is 18.2. The zero-order valence-electron chi connectivity index (χ0n) is 14.7. The summed E-state index contributed by atoms with van der Waals surface area (Å²) in [7, 11) is 0. The van der Waals surface area contributed by atoms with Gasteiger partial charge < -0.3 is 9.47 Å². The van der Waals surface area contributed by atoms with Crippen molar-refractivity contribution in [2.45, 2.75) is 58.8 Å². The molecule has 0 aliphatic carbocycles. The fraction of sp³-hybridized carbons (Fsp3) is 0.500. The van der Waals surface area contributed by atoms with Crippen molar-refractivity contribution in [3.05, 3.63) is 30.5 Å². The molecule has 130 valence electrons. The monoisotopic (exact) mass is 329 g/mol. The van der Waals surface area contributed by atoms with Crippen LogP contribution in [0, 0.1) is 0 Å². The number of benzene rings is 1. The standard InChI is InChI=1S/C20H27NO3/c1-3-5-7-13-19(22)24-20-16-11-8-9-12-17(16)21-15-18(20)23-14-10-6-4-2/h8-9,11-12,15H,3-7,10,13-14H2,1-2H3. The predicted octanol–water partition coefficient (Wildman–Crippen LogP) is 5.29. The average Bonchev–Trinajstić information content (AvgIpc) is 2.60. The number of aromatic nitrogens is 1. The van der Waals surface area contributed by atoms with E-state index in [9.17, 15) is 4.79 Å². The fourth-order valence-electron chi connectivity index (χ4n) is 2.52. The quantitative estimate of drug-likeness (QED) is 0.439. The second kappa shape index (κ2) is 9.91. The fourth-order valence-corrected chi connectivity index (χ4v) is 2.52. The molecule has 4 heteroatoms. The van der Waals surface area contributed by atoms with Crippen molar-refractivity contribution in [3.63, 3.8) is 0 Å². The summed E-state index contributed by atoms with van der Waals surface area (Å²) < 4.78 is 11.5. The van der Waals surface area contributed by atoms with Gasteiger partial charge in [0.2, 0.25) is 0 Å². The summed E-state index contributed by atoms with van der Waals surface area (Å²) in [6, 6.07) is 7.66. The first-order valence-corrected chi connectivity index (χ1v) is 8.97. The number of nitrogens with zero attached hydrogens (tertiary/aromatic N) is 1. The summed E-state index contributed by atoms with van der Waals surface area (Å²) in [5.74, 6) is 0.838. The van der Waals surface area contributed by atoms with Gasteiger partial charge in [0.1, 0.15) is 0 Å². The lowest BCUT2D eigenvalue weighted by molar-refractivity contribution is -0.134. The Kier molecular flexibility index (Phi) is 7.53. The van der Waals surface area contributed by atoms with E-state index in [0.717, 1.165) is 49.4 Å². The van der Waals surface area contributed by atoms with E-state index in [4.69, 9.17) is 9.47 Å². The van der Waals surface area contributed by atoms with Gasteiger partial charge in [-0.05, 0) is 25.0 Å². The van der Waals surface area contributed by atoms with E-state index in [-0.39, 0.29) is 5.97 Å². The Morgan fingerprint density at radius 1 is 1.04 bits per heavy atom. The van der Waals surface area contributed by atoms with E-state index in [2.05, 4.69) is 18.8 Å². The van der Waals surface area contributed by atoms with Gasteiger partial charge in [0.25, 0.3) is 0 Å². The molecule has 1 heterocycles. The first-order chi connectivity index (χ1) is 11.8. The molecule has 0 amide bonds. The lowest BCUT2D eigenvalue weighted by Gasteiger charge is -2.13. The molecule has 0 aliphatic rings. The highest BCUT2D eigenvalue weighted by molar-refractivity contribution is 5.90. The highest BCUT2D eigenvalue weighted by Gasteiger charge is 2.15. The predicted molar refractivity (Wildman–Crippen MR) is 96.5 cm³/mol. The summed E-state index contributed by atoms with van der Waals surface area (Å²) in [5.41, 5.74) is 0.801. The molecule has 0 saturated heterocycles. The van der Waals surface area contributed by atoms with Crippen LogP contribution in [0.25, 0.3) is 10.9 Å². The molecule has 2 rings (SSSR count). The number of fused-ring (bicyclic) bond motifs is 1. The van der Waals surface area contributed by atoms with Gasteiger partial charge in [-0.2, -0.15) is 0 Å². The molecule has 0 spiro atoms. The number of hydrogen-bond acceptors (Lipinski definition) is 4. The van der Waals surface area contributed by atoms with E-state index >= 15 is 0 Å². The van der Waals surface area contributed by atoms with Crippen molar-refractivity contribution in [2.24, 2.45) is 0 Å². The topological polar surface area (TPSA) is 48.4 Å². The van der Waals surface area contributed by atoms with Gasteiger partial charge in [-0.3, -0.25) is 9.78 Å². The second-order valence-corrected chi connectivity index (χ2v) is 5.96. The summed E-state index contributed by atoms with van der Waals surface area (Å²) in [5, 5.41) is 0.814. The maximum absolute atomic E-state index is 12.2. The molecule has 0 bridgehead atoms. The van der Waals surface area contributed by atoms with E-state index in [1.54, 1.807) is 6.20 Å². The SMILES string of the molecule is CCCCCOc1cnc2ccccc2c1OC(=O)CCCCC.